The van der Waals surface area contributed by atoms with E-state index in [-0.39, 0.29) is 74.8 Å². The lowest BCUT2D eigenvalue weighted by atomic mass is 9.32. The van der Waals surface area contributed by atoms with Crippen LogP contribution in [0.1, 0.15) is 138 Å². The minimum absolute atomic E-state index is 0.00105. The van der Waals surface area contributed by atoms with Gasteiger partial charge in [-0.25, -0.2) is 0 Å². The van der Waals surface area contributed by atoms with Crippen LogP contribution in [0.2, 0.25) is 0 Å². The quantitative estimate of drug-likeness (QED) is 0.184. The Morgan fingerprint density at radius 2 is 1.58 bits per heavy atom. The van der Waals surface area contributed by atoms with Crippen LogP contribution in [0.3, 0.4) is 0 Å². The van der Waals surface area contributed by atoms with Crippen molar-refractivity contribution in [3.05, 3.63) is 12.2 Å². The molecule has 0 spiro atoms. The number of amides is 3. The Hall–Kier alpha value is -2.22. The molecule has 3 amide bonds. The molecule has 290 valence electrons. The molecule has 7 aliphatic rings. The van der Waals surface area contributed by atoms with E-state index < -0.39 is 5.41 Å². The number of carbonyl (C=O) groups excluding carboxylic acids is 3. The van der Waals surface area contributed by atoms with Crippen LogP contribution in [0.25, 0.3) is 0 Å². The highest BCUT2D eigenvalue weighted by atomic mass is 16.3. The monoisotopic (exact) mass is 719 g/mol. The Morgan fingerprint density at radius 1 is 0.885 bits per heavy atom. The predicted octanol–water partition coefficient (Wildman–Crippen LogP) is 7.10. The number of aliphatic imine (C=N–C) groups is 1. The maximum Gasteiger partial charge on any atom is 0.226 e. The van der Waals surface area contributed by atoms with Gasteiger partial charge in [-0.15, -0.1) is 0 Å². The van der Waals surface area contributed by atoms with Crippen molar-refractivity contribution in [3.8, 4) is 0 Å². The fraction of sp³-hybridized carbons (Fsp3) is 0.864. The molecule has 4 unspecified atom stereocenters. The number of rotatable bonds is 8. The Labute approximate surface area is 314 Å². The number of fused-ring (bicyclic) bond motifs is 7. The van der Waals surface area contributed by atoms with E-state index in [1.165, 1.54) is 5.57 Å². The fourth-order valence-electron chi connectivity index (χ4n) is 14.9. The van der Waals surface area contributed by atoms with Gasteiger partial charge in [0, 0.05) is 43.9 Å². The number of hydrogen-bond acceptors (Lipinski definition) is 5. The van der Waals surface area contributed by atoms with Gasteiger partial charge in [0.2, 0.25) is 17.7 Å². The van der Waals surface area contributed by atoms with Gasteiger partial charge in [-0.05, 0) is 142 Å². The summed E-state index contributed by atoms with van der Waals surface area (Å²) in [6, 6.07) is -0.0519. The van der Waals surface area contributed by atoms with E-state index in [2.05, 4.69) is 72.4 Å². The molecule has 3 N–H and O–H groups in total. The predicted molar refractivity (Wildman–Crippen MR) is 206 cm³/mol. The highest BCUT2D eigenvalue weighted by Crippen LogP contribution is 2.78. The number of aliphatic hydroxyl groups excluding tert-OH is 1. The molecule has 7 fully saturated rings. The summed E-state index contributed by atoms with van der Waals surface area (Å²) >= 11 is 0. The van der Waals surface area contributed by atoms with E-state index >= 15 is 0 Å². The van der Waals surface area contributed by atoms with E-state index in [4.69, 9.17) is 4.99 Å². The summed E-state index contributed by atoms with van der Waals surface area (Å²) in [7, 11) is 0. The van der Waals surface area contributed by atoms with Crippen molar-refractivity contribution >= 4 is 24.4 Å². The second-order valence-corrected chi connectivity index (χ2v) is 20.4. The molecule has 0 aromatic rings. The molecule has 6 aliphatic carbocycles. The number of nitrogens with one attached hydrogen (secondary N) is 2. The molecule has 1 saturated heterocycles. The van der Waals surface area contributed by atoms with Crippen LogP contribution in [0.4, 0.5) is 0 Å². The van der Waals surface area contributed by atoms with Gasteiger partial charge in [0.15, 0.2) is 0 Å². The van der Waals surface area contributed by atoms with Crippen LogP contribution in [-0.4, -0.2) is 71.8 Å². The molecular formula is C44H70N4O4. The third-order valence-electron chi connectivity index (χ3n) is 18.6. The van der Waals surface area contributed by atoms with Crippen molar-refractivity contribution < 1.29 is 19.5 Å². The van der Waals surface area contributed by atoms with Crippen molar-refractivity contribution in [2.24, 2.45) is 67.6 Å². The van der Waals surface area contributed by atoms with Crippen LogP contribution in [0.5, 0.6) is 0 Å². The molecule has 6 saturated carbocycles. The van der Waals surface area contributed by atoms with Crippen molar-refractivity contribution in [2.75, 3.05) is 19.6 Å². The second-order valence-electron chi connectivity index (χ2n) is 20.4. The number of allylic oxidation sites excluding steroid dienone is 1. The Balaban J connectivity index is 1.08. The van der Waals surface area contributed by atoms with Gasteiger partial charge in [0.1, 0.15) is 0 Å². The van der Waals surface area contributed by atoms with Crippen molar-refractivity contribution in [1.29, 1.82) is 0 Å². The van der Waals surface area contributed by atoms with E-state index in [1.807, 2.05) is 4.90 Å². The lowest BCUT2D eigenvalue weighted by Gasteiger charge is -2.73. The molecule has 7 rings (SSSR count). The smallest absolute Gasteiger partial charge is 0.226 e. The van der Waals surface area contributed by atoms with Gasteiger partial charge in [-0.1, -0.05) is 53.7 Å². The number of carbonyl (C=O) groups is 3. The van der Waals surface area contributed by atoms with Crippen LogP contribution in [0, 0.1) is 62.6 Å². The van der Waals surface area contributed by atoms with Gasteiger partial charge >= 0.3 is 0 Å². The minimum atomic E-state index is -0.412. The molecule has 1 heterocycles. The summed E-state index contributed by atoms with van der Waals surface area (Å²) < 4.78 is 0. The van der Waals surface area contributed by atoms with Gasteiger partial charge in [0.25, 0.3) is 0 Å². The summed E-state index contributed by atoms with van der Waals surface area (Å²) in [6.07, 6.45) is 12.8. The summed E-state index contributed by atoms with van der Waals surface area (Å²) in [5.74, 6) is 1.80. The third-order valence-corrected chi connectivity index (χ3v) is 18.6. The molecular weight excluding hydrogens is 649 g/mol. The molecule has 0 aromatic heterocycles. The first kappa shape index (κ1) is 38.1. The number of nitrogens with zero attached hydrogens (tertiary/aromatic N) is 2. The lowest BCUT2D eigenvalue weighted by molar-refractivity contribution is -0.239. The average molecular weight is 719 g/mol. The van der Waals surface area contributed by atoms with Crippen molar-refractivity contribution in [2.45, 2.75) is 156 Å². The zero-order valence-corrected chi connectivity index (χ0v) is 33.6. The van der Waals surface area contributed by atoms with Crippen LogP contribution in [0.15, 0.2) is 17.1 Å². The summed E-state index contributed by atoms with van der Waals surface area (Å²) in [4.78, 5) is 47.6. The highest BCUT2D eigenvalue weighted by molar-refractivity contribution is 5.86. The van der Waals surface area contributed by atoms with E-state index in [0.29, 0.717) is 37.1 Å². The lowest BCUT2D eigenvalue weighted by Crippen LogP contribution is -2.71. The SMILES string of the molecule is C=N[C@@]12CC[C@]3(C)[C@H](CC[C@@H]4[C@H]5C(C(=C)C)CC[C@]5(C(=O)NC5CC(C(=O)NCCC(=O)N6CCCC6)C5(C)C)CC[C@]43C)[C@@]1(C)CC[C@H](O)C2C. The standard InChI is InChI=1S/C44H70N4O4/c1-27(2)29-14-18-43(38(52)47-34-26-31(39(34,4)5)37(51)46-23-16-35(50)48-24-10-11-25-48)21-19-40(6)30(36(29)43)12-13-33-41(40,7)20-22-44(45-9)28(3)32(49)15-17-42(33,44)8/h28-34,36,49H,1,9-26H2,2-8H3,(H,46,51)(H,47,52)/t28?,29?,30-,31?,32+,33+,34?,36-,40-,41-,42-,43+,44-/m1/s1. The summed E-state index contributed by atoms with van der Waals surface area (Å²) in [6.45, 7) is 27.1. The Morgan fingerprint density at radius 3 is 2.23 bits per heavy atom. The molecule has 0 bridgehead atoms. The maximum atomic E-state index is 14.9. The number of hydrogen-bond donors (Lipinski definition) is 3. The first-order chi connectivity index (χ1) is 24.4. The number of aliphatic hydroxyl groups is 1. The van der Waals surface area contributed by atoms with Gasteiger partial charge in [-0.3, -0.25) is 19.4 Å². The van der Waals surface area contributed by atoms with Gasteiger partial charge < -0.3 is 20.6 Å². The zero-order chi connectivity index (χ0) is 37.6. The zero-order valence-electron chi connectivity index (χ0n) is 33.6. The van der Waals surface area contributed by atoms with E-state index in [1.54, 1.807) is 0 Å². The van der Waals surface area contributed by atoms with Crippen molar-refractivity contribution in [1.82, 2.24) is 15.5 Å². The van der Waals surface area contributed by atoms with Crippen molar-refractivity contribution in [3.63, 3.8) is 0 Å². The molecule has 8 nitrogen and oxygen atoms in total. The minimum Gasteiger partial charge on any atom is -0.393 e. The molecule has 1 aliphatic heterocycles. The second kappa shape index (κ2) is 12.9. The van der Waals surface area contributed by atoms with E-state index in [0.717, 1.165) is 90.1 Å². The first-order valence-electron chi connectivity index (χ1n) is 21.1. The maximum absolute atomic E-state index is 14.9. The third kappa shape index (κ3) is 5.13. The number of likely N-dealkylation sites (tertiary alicyclic amines) is 1. The van der Waals surface area contributed by atoms with Crippen LogP contribution >= 0.6 is 0 Å². The highest BCUT2D eigenvalue weighted by Gasteiger charge is 2.74. The molecule has 13 atom stereocenters. The van der Waals surface area contributed by atoms with Crippen LogP contribution in [-0.2, 0) is 14.4 Å². The summed E-state index contributed by atoms with van der Waals surface area (Å²) in [5, 5.41) is 17.7. The largest absolute Gasteiger partial charge is 0.393 e. The van der Waals surface area contributed by atoms with Gasteiger partial charge in [-0.2, -0.15) is 0 Å². The molecule has 0 aromatic carbocycles. The van der Waals surface area contributed by atoms with Gasteiger partial charge in [0.05, 0.1) is 17.1 Å². The normalized spacial score (nSPS) is 47.5. The van der Waals surface area contributed by atoms with Crippen LogP contribution < -0.4 is 10.6 Å². The molecule has 8 heteroatoms. The molecule has 0 radical (unpaired) electrons. The average Bonchev–Trinajstić information content (AvgIpc) is 3.79. The first-order valence-corrected chi connectivity index (χ1v) is 21.1. The Bertz CT molecular complexity index is 1490. The molecule has 52 heavy (non-hydrogen) atoms. The Kier molecular flexibility index (Phi) is 9.47. The summed E-state index contributed by atoms with van der Waals surface area (Å²) in [5.41, 5.74) is 0.352. The topological polar surface area (TPSA) is 111 Å². The van der Waals surface area contributed by atoms with E-state index in [9.17, 15) is 19.5 Å². The fourth-order valence-corrected chi connectivity index (χ4v) is 14.9.